The lowest BCUT2D eigenvalue weighted by Gasteiger charge is -2.40. The molecule has 2 bridgehead atoms. The first kappa shape index (κ1) is 57.2. The molecule has 0 unspecified atom stereocenters. The molecule has 60 heavy (non-hydrogen) atoms. The molecule has 17 heteroatoms. The highest BCUT2D eigenvalue weighted by atomic mass is 32.2. The molecule has 2 atom stereocenters. The highest BCUT2D eigenvalue weighted by molar-refractivity contribution is 7.90. The minimum absolute atomic E-state index is 0. The Kier molecular flexibility index (Phi) is 26.5. The van der Waals surface area contributed by atoms with Gasteiger partial charge < -0.3 is 34.9 Å². The Balaban J connectivity index is 0. The standard InChI is InChI=1S/C10H16O3S.C9H8O2.C8H16.C7H8O2S.C6H10O4.C2H2O4.CH4/c1-7-6-8-4-5-10(7,9(8,2)3)14(11,12)13;10-9(11)7-6-8-4-2-1-3-5-8;1-2-8-6-4-3-5-7-8;1-10(8,9)7-5-3-2-4-6-7;7-5(8)3-1-2-4-6(9)10;3-1(4)2(5)6;/h8H,1,4-6H2,2-3H3,(H,11,12,13);1-7H,(H,10,11);8H,2-7H2,1H3;2-6H,1H3;1-4H2,(H,7,8)(H,9,10);(H,3,4)(H,5,6);1H4/p-2/b;7-6+;;;;;/t8-,10-;;;;;;/m0....../s1. The Morgan fingerprint density at radius 2 is 1.23 bits per heavy atom. The summed E-state index contributed by atoms with van der Waals surface area (Å²) in [4.78, 5) is 48.3. The van der Waals surface area contributed by atoms with E-state index in [0.29, 0.717) is 42.1 Å². The smallest absolute Gasteiger partial charge is 0.414 e. The van der Waals surface area contributed by atoms with Gasteiger partial charge in [0, 0.05) is 19.1 Å². The molecule has 0 aromatic heterocycles. The normalized spacial score (nSPS) is 18.6. The minimum Gasteiger partial charge on any atom is -0.747 e. The van der Waals surface area contributed by atoms with Crippen LogP contribution in [0.25, 0.3) is 6.08 Å². The highest BCUT2D eigenvalue weighted by Crippen LogP contribution is 2.65. The van der Waals surface area contributed by atoms with Crippen LogP contribution in [0, 0.1) is 17.3 Å². The SMILES string of the molecule is C.C=C1C[C@@H]2CC[C@@]1(S(=O)(=O)[O-])C2(C)C.CCC1CCCCC1.CS(=O)(=O)c1ccccc1.O=C(O)C(=O)O.O=C(O)CCCCC(=O)O.O=C([O-])/C=C/c1ccccc1. The summed E-state index contributed by atoms with van der Waals surface area (Å²) in [5.41, 5.74) is 1.07. The molecule has 0 saturated heterocycles. The molecule has 2 aromatic rings. The van der Waals surface area contributed by atoms with E-state index in [4.69, 9.17) is 30.0 Å². The van der Waals surface area contributed by atoms with Gasteiger partial charge in [-0.05, 0) is 73.1 Å². The number of aliphatic carboxylic acids is 5. The van der Waals surface area contributed by atoms with Gasteiger partial charge in [-0.3, -0.25) is 9.59 Å². The molecule has 0 amide bonds. The first-order chi connectivity index (χ1) is 27.3. The van der Waals surface area contributed by atoms with E-state index in [1.165, 1.54) is 50.9 Å². The lowest BCUT2D eigenvalue weighted by Crippen LogP contribution is -2.46. The summed E-state index contributed by atoms with van der Waals surface area (Å²) >= 11 is 0. The quantitative estimate of drug-likeness (QED) is 0.0636. The average Bonchev–Trinajstić information content (AvgIpc) is 3.55. The molecule has 0 radical (unpaired) electrons. The van der Waals surface area contributed by atoms with Crippen molar-refractivity contribution in [2.75, 3.05) is 6.26 Å². The highest BCUT2D eigenvalue weighted by Gasteiger charge is 2.64. The maximum atomic E-state index is 11.4. The fourth-order valence-corrected chi connectivity index (χ4v) is 9.28. The van der Waals surface area contributed by atoms with E-state index in [1.807, 2.05) is 44.2 Å². The predicted molar refractivity (Wildman–Crippen MR) is 225 cm³/mol. The average molecular weight is 883 g/mol. The summed E-state index contributed by atoms with van der Waals surface area (Å²) in [6.07, 6.45) is 15.7. The second kappa shape index (κ2) is 27.8. The van der Waals surface area contributed by atoms with Crippen LogP contribution in [-0.2, 0) is 43.9 Å². The zero-order chi connectivity index (χ0) is 45.5. The van der Waals surface area contributed by atoms with Crippen LogP contribution < -0.4 is 5.11 Å². The third-order valence-electron chi connectivity index (χ3n) is 10.3. The molecule has 15 nitrogen and oxygen atoms in total. The zero-order valence-corrected chi connectivity index (χ0v) is 35.7. The Morgan fingerprint density at radius 3 is 1.50 bits per heavy atom. The number of carboxylic acids is 5. The van der Waals surface area contributed by atoms with Gasteiger partial charge >= 0.3 is 23.9 Å². The van der Waals surface area contributed by atoms with E-state index in [0.717, 1.165) is 24.0 Å². The Hall–Kier alpha value is -4.87. The number of hydrogen-bond donors (Lipinski definition) is 4. The lowest BCUT2D eigenvalue weighted by atomic mass is 9.81. The van der Waals surface area contributed by atoms with E-state index in [1.54, 1.807) is 30.3 Å². The van der Waals surface area contributed by atoms with Gasteiger partial charge in [-0.25, -0.2) is 26.4 Å². The number of unbranched alkanes of at least 4 members (excludes halogenated alkanes) is 1. The molecular weight excluding hydrogens is 821 g/mol. The van der Waals surface area contributed by atoms with Gasteiger partial charge in [0.1, 0.15) is 10.1 Å². The van der Waals surface area contributed by atoms with Crippen molar-refractivity contribution in [3.63, 3.8) is 0 Å². The van der Waals surface area contributed by atoms with Gasteiger partial charge in [0.05, 0.1) is 15.6 Å². The van der Waals surface area contributed by atoms with E-state index >= 15 is 0 Å². The molecule has 3 saturated carbocycles. The van der Waals surface area contributed by atoms with Crippen LogP contribution in [0.3, 0.4) is 0 Å². The number of hydrogen-bond acceptors (Lipinski definition) is 11. The van der Waals surface area contributed by atoms with E-state index in [-0.39, 0.29) is 20.3 Å². The van der Waals surface area contributed by atoms with Gasteiger partial charge in [0.15, 0.2) is 9.84 Å². The molecule has 5 rings (SSSR count). The zero-order valence-electron chi connectivity index (χ0n) is 34.1. The summed E-state index contributed by atoms with van der Waals surface area (Å²) in [5.74, 6) is -5.16. The molecule has 3 aliphatic rings. The van der Waals surface area contributed by atoms with Gasteiger partial charge in [0.25, 0.3) is 0 Å². The van der Waals surface area contributed by atoms with Crippen LogP contribution in [0.4, 0.5) is 0 Å². The fourth-order valence-electron chi connectivity index (χ4n) is 7.01. The van der Waals surface area contributed by atoms with Crippen molar-refractivity contribution in [2.24, 2.45) is 17.3 Å². The molecule has 0 spiro atoms. The van der Waals surface area contributed by atoms with Crippen molar-refractivity contribution >= 4 is 55.9 Å². The molecule has 0 aliphatic heterocycles. The van der Waals surface area contributed by atoms with Crippen molar-refractivity contribution in [1.29, 1.82) is 0 Å². The molecular formula is C43H62O15S2-2. The fraction of sp³-hybridized carbons (Fsp3) is 0.512. The molecule has 3 fully saturated rings. The Bertz CT molecular complexity index is 1870. The number of carboxylic acid groups (broad SMARTS) is 5. The van der Waals surface area contributed by atoms with Crippen LogP contribution in [0.1, 0.15) is 117 Å². The number of benzene rings is 2. The summed E-state index contributed by atoms with van der Waals surface area (Å²) in [6.45, 7) is 9.88. The third kappa shape index (κ3) is 20.9. The maximum absolute atomic E-state index is 11.4. The molecule has 0 heterocycles. The van der Waals surface area contributed by atoms with E-state index < -0.39 is 60.0 Å². The molecule has 4 N–H and O–H groups in total. The lowest BCUT2D eigenvalue weighted by molar-refractivity contribution is -0.297. The van der Waals surface area contributed by atoms with Crippen molar-refractivity contribution in [1.82, 2.24) is 0 Å². The number of sulfone groups is 1. The van der Waals surface area contributed by atoms with Crippen LogP contribution in [0.5, 0.6) is 0 Å². The summed E-state index contributed by atoms with van der Waals surface area (Å²) in [7, 11) is -7.28. The first-order valence-corrected chi connectivity index (χ1v) is 22.4. The third-order valence-corrected chi connectivity index (χ3v) is 13.3. The molecule has 3 aliphatic carbocycles. The van der Waals surface area contributed by atoms with Crippen molar-refractivity contribution in [3.05, 3.63) is 84.5 Å². The van der Waals surface area contributed by atoms with Gasteiger partial charge in [-0.15, -0.1) is 0 Å². The van der Waals surface area contributed by atoms with Gasteiger partial charge in [-0.1, -0.05) is 133 Å². The summed E-state index contributed by atoms with van der Waals surface area (Å²) < 4.78 is 54.8. The van der Waals surface area contributed by atoms with E-state index in [2.05, 4.69) is 13.5 Å². The van der Waals surface area contributed by atoms with Gasteiger partial charge in [-0.2, -0.15) is 0 Å². The van der Waals surface area contributed by atoms with Crippen LogP contribution in [0.15, 0.2) is 83.8 Å². The summed E-state index contributed by atoms with van der Waals surface area (Å²) in [5, 5.41) is 41.0. The van der Waals surface area contributed by atoms with Crippen LogP contribution in [0.2, 0.25) is 0 Å². The Labute approximate surface area is 354 Å². The number of carbonyl (C=O) groups is 5. The Morgan fingerprint density at radius 1 is 0.783 bits per heavy atom. The van der Waals surface area contributed by atoms with E-state index in [9.17, 15) is 40.9 Å². The number of fused-ring (bicyclic) bond motifs is 2. The maximum Gasteiger partial charge on any atom is 0.414 e. The van der Waals surface area contributed by atoms with Crippen LogP contribution >= 0.6 is 0 Å². The van der Waals surface area contributed by atoms with Crippen LogP contribution in [-0.4, -0.2) is 82.7 Å². The van der Waals surface area contributed by atoms with Gasteiger partial charge in [0.2, 0.25) is 0 Å². The predicted octanol–water partition coefficient (Wildman–Crippen LogP) is 6.69. The second-order valence-electron chi connectivity index (χ2n) is 14.7. The van der Waals surface area contributed by atoms with Crippen molar-refractivity contribution in [2.45, 2.75) is 121 Å². The largest absolute Gasteiger partial charge is 0.747 e. The first-order valence-electron chi connectivity index (χ1n) is 19.1. The monoisotopic (exact) mass is 882 g/mol. The van der Waals surface area contributed by atoms with Crippen molar-refractivity contribution in [3.8, 4) is 0 Å². The number of carbonyl (C=O) groups excluding carboxylic acids is 1. The number of rotatable bonds is 10. The molecule has 338 valence electrons. The van der Waals surface area contributed by atoms with Crippen molar-refractivity contribution < 1.29 is 70.9 Å². The minimum atomic E-state index is -4.28. The second-order valence-corrected chi connectivity index (χ2v) is 18.3. The molecule has 2 aromatic carbocycles. The topological polar surface area (TPSA) is 281 Å². The summed E-state index contributed by atoms with van der Waals surface area (Å²) in [6, 6.07) is 17.5.